The molecule has 7 heteroatoms. The number of carbonyl (C=O) groups is 2. The third kappa shape index (κ3) is 4.29. The number of nitrogens with one attached hydrogen (secondary N) is 2. The molecule has 1 aliphatic rings. The third-order valence-corrected chi connectivity index (χ3v) is 3.97. The number of thiazole rings is 1. The van der Waals surface area contributed by atoms with Gasteiger partial charge in [0.05, 0.1) is 11.6 Å². The molecule has 0 saturated carbocycles. The van der Waals surface area contributed by atoms with Crippen molar-refractivity contribution in [3.05, 3.63) is 16.6 Å². The van der Waals surface area contributed by atoms with Gasteiger partial charge in [-0.2, -0.15) is 0 Å². The monoisotopic (exact) mass is 282 g/mol. The van der Waals surface area contributed by atoms with Crippen molar-refractivity contribution < 1.29 is 9.59 Å². The average Bonchev–Trinajstić information content (AvgIpc) is 3.01. The summed E-state index contributed by atoms with van der Waals surface area (Å²) in [7, 11) is 1.49. The van der Waals surface area contributed by atoms with E-state index >= 15 is 0 Å². The zero-order valence-corrected chi connectivity index (χ0v) is 11.7. The van der Waals surface area contributed by atoms with Crippen LogP contribution in [0.1, 0.15) is 11.4 Å². The molecule has 2 heterocycles. The molecule has 0 bridgehead atoms. The fourth-order valence-electron chi connectivity index (χ4n) is 2.26. The lowest BCUT2D eigenvalue weighted by Gasteiger charge is -2.14. The van der Waals surface area contributed by atoms with Crippen LogP contribution in [0.4, 0.5) is 4.79 Å². The summed E-state index contributed by atoms with van der Waals surface area (Å²) in [6, 6.07) is -0.455. The first kappa shape index (κ1) is 14.0. The number of urea groups is 1. The van der Waals surface area contributed by atoms with Crippen molar-refractivity contribution in [2.24, 2.45) is 5.92 Å². The molecule has 1 fully saturated rings. The Hall–Kier alpha value is -1.47. The van der Waals surface area contributed by atoms with Crippen LogP contribution in [0.25, 0.3) is 0 Å². The highest BCUT2D eigenvalue weighted by molar-refractivity contribution is 7.09. The number of imide groups is 1. The van der Waals surface area contributed by atoms with Crippen molar-refractivity contribution in [3.8, 4) is 0 Å². The maximum atomic E-state index is 11.6. The lowest BCUT2D eigenvalue weighted by Crippen LogP contribution is -2.43. The number of hydrogen-bond acceptors (Lipinski definition) is 5. The van der Waals surface area contributed by atoms with E-state index in [1.807, 2.05) is 11.6 Å². The molecule has 6 nitrogen and oxygen atoms in total. The van der Waals surface area contributed by atoms with E-state index in [-0.39, 0.29) is 12.5 Å². The molecule has 0 spiro atoms. The summed E-state index contributed by atoms with van der Waals surface area (Å²) in [4.78, 5) is 28.9. The zero-order chi connectivity index (χ0) is 13.7. The Balaban J connectivity index is 1.73. The molecule has 0 radical (unpaired) electrons. The molecule has 2 rings (SSSR count). The number of nitrogens with zero attached hydrogens (tertiary/aromatic N) is 2. The second-order valence-corrected chi connectivity index (χ2v) is 5.63. The van der Waals surface area contributed by atoms with E-state index in [2.05, 4.69) is 20.5 Å². The van der Waals surface area contributed by atoms with Crippen LogP contribution in [-0.4, -0.2) is 48.5 Å². The summed E-state index contributed by atoms with van der Waals surface area (Å²) < 4.78 is 0. The van der Waals surface area contributed by atoms with Crippen LogP contribution in [0.5, 0.6) is 0 Å². The van der Waals surface area contributed by atoms with Gasteiger partial charge in [-0.15, -0.1) is 11.3 Å². The third-order valence-electron chi connectivity index (χ3n) is 3.16. The van der Waals surface area contributed by atoms with Crippen LogP contribution in [0.15, 0.2) is 11.6 Å². The predicted molar refractivity (Wildman–Crippen MR) is 73.0 cm³/mol. The molecular formula is C12H18N4O2S. The number of amides is 3. The van der Waals surface area contributed by atoms with Crippen LogP contribution in [-0.2, 0) is 11.2 Å². The van der Waals surface area contributed by atoms with E-state index < -0.39 is 6.03 Å². The van der Waals surface area contributed by atoms with E-state index in [9.17, 15) is 9.59 Å². The van der Waals surface area contributed by atoms with Gasteiger partial charge in [0.2, 0.25) is 5.91 Å². The van der Waals surface area contributed by atoms with Crippen molar-refractivity contribution in [1.82, 2.24) is 20.5 Å². The Morgan fingerprint density at radius 2 is 2.42 bits per heavy atom. The minimum atomic E-state index is -0.455. The molecule has 104 valence electrons. The number of rotatable bonds is 4. The molecular weight excluding hydrogens is 264 g/mol. The Labute approximate surface area is 116 Å². The fraction of sp³-hybridized carbons (Fsp3) is 0.583. The molecule has 3 amide bonds. The molecule has 0 aromatic carbocycles. The number of carbonyl (C=O) groups excluding carboxylic acids is 2. The van der Waals surface area contributed by atoms with Crippen molar-refractivity contribution in [2.75, 3.05) is 26.7 Å². The summed E-state index contributed by atoms with van der Waals surface area (Å²) in [6.45, 7) is 2.07. The largest absolute Gasteiger partial charge is 0.341 e. The molecule has 1 aromatic heterocycles. The predicted octanol–water partition coefficient (Wildman–Crippen LogP) is 0.463. The maximum absolute atomic E-state index is 11.6. The van der Waals surface area contributed by atoms with Crippen molar-refractivity contribution in [1.29, 1.82) is 0 Å². The van der Waals surface area contributed by atoms with E-state index in [4.69, 9.17) is 0 Å². The highest BCUT2D eigenvalue weighted by Crippen LogP contribution is 2.21. The Bertz CT molecular complexity index is 435. The molecule has 1 unspecified atom stereocenters. The van der Waals surface area contributed by atoms with Gasteiger partial charge >= 0.3 is 6.03 Å². The number of aromatic nitrogens is 1. The SMILES string of the molecule is CNC(=O)NC(=O)CN1CCC(Cc2nccs2)C1. The van der Waals surface area contributed by atoms with Crippen LogP contribution >= 0.6 is 11.3 Å². The highest BCUT2D eigenvalue weighted by atomic mass is 32.1. The van der Waals surface area contributed by atoms with Crippen LogP contribution in [0.3, 0.4) is 0 Å². The molecule has 1 aromatic rings. The van der Waals surface area contributed by atoms with Gasteiger partial charge in [-0.25, -0.2) is 9.78 Å². The first-order valence-electron chi connectivity index (χ1n) is 6.29. The quantitative estimate of drug-likeness (QED) is 0.841. The van der Waals surface area contributed by atoms with Gasteiger partial charge in [0, 0.05) is 31.6 Å². The van der Waals surface area contributed by atoms with Crippen LogP contribution < -0.4 is 10.6 Å². The van der Waals surface area contributed by atoms with Gasteiger partial charge in [0.15, 0.2) is 0 Å². The van der Waals surface area contributed by atoms with Gasteiger partial charge < -0.3 is 5.32 Å². The van der Waals surface area contributed by atoms with Crippen LogP contribution in [0.2, 0.25) is 0 Å². The lowest BCUT2D eigenvalue weighted by molar-refractivity contribution is -0.120. The summed E-state index contributed by atoms with van der Waals surface area (Å²) in [5, 5.41) is 7.78. The minimum Gasteiger partial charge on any atom is -0.341 e. The van der Waals surface area contributed by atoms with E-state index in [0.29, 0.717) is 5.92 Å². The molecule has 1 saturated heterocycles. The van der Waals surface area contributed by atoms with E-state index in [1.165, 1.54) is 7.05 Å². The van der Waals surface area contributed by atoms with Gasteiger partial charge in [0.1, 0.15) is 0 Å². The maximum Gasteiger partial charge on any atom is 0.321 e. The van der Waals surface area contributed by atoms with Crippen molar-refractivity contribution in [3.63, 3.8) is 0 Å². The number of likely N-dealkylation sites (tertiary alicyclic amines) is 1. The molecule has 19 heavy (non-hydrogen) atoms. The molecule has 0 aliphatic carbocycles. The fourth-order valence-corrected chi connectivity index (χ4v) is 2.99. The van der Waals surface area contributed by atoms with Crippen molar-refractivity contribution in [2.45, 2.75) is 12.8 Å². The number of hydrogen-bond donors (Lipinski definition) is 2. The Kier molecular flexibility index (Phi) is 4.86. The second kappa shape index (κ2) is 6.63. The second-order valence-electron chi connectivity index (χ2n) is 4.65. The van der Waals surface area contributed by atoms with Gasteiger partial charge in [-0.1, -0.05) is 0 Å². The van der Waals surface area contributed by atoms with Crippen molar-refractivity contribution >= 4 is 23.3 Å². The van der Waals surface area contributed by atoms with Gasteiger partial charge in [-0.05, 0) is 18.9 Å². The summed E-state index contributed by atoms with van der Waals surface area (Å²) in [6.07, 6.45) is 3.88. The minimum absolute atomic E-state index is 0.255. The summed E-state index contributed by atoms with van der Waals surface area (Å²) in [5.41, 5.74) is 0. The normalized spacial score (nSPS) is 19.3. The lowest BCUT2D eigenvalue weighted by atomic mass is 10.1. The molecule has 1 aliphatic heterocycles. The first-order chi connectivity index (χ1) is 9.17. The topological polar surface area (TPSA) is 74.3 Å². The zero-order valence-electron chi connectivity index (χ0n) is 10.9. The highest BCUT2D eigenvalue weighted by Gasteiger charge is 2.25. The molecule has 2 N–H and O–H groups in total. The smallest absolute Gasteiger partial charge is 0.321 e. The van der Waals surface area contributed by atoms with Gasteiger partial charge in [-0.3, -0.25) is 15.0 Å². The van der Waals surface area contributed by atoms with Gasteiger partial charge in [0.25, 0.3) is 0 Å². The van der Waals surface area contributed by atoms with E-state index in [0.717, 1.165) is 30.9 Å². The Morgan fingerprint density at radius 1 is 1.58 bits per heavy atom. The average molecular weight is 282 g/mol. The summed E-state index contributed by atoms with van der Waals surface area (Å²) in [5.74, 6) is 0.299. The summed E-state index contributed by atoms with van der Waals surface area (Å²) >= 11 is 1.67. The van der Waals surface area contributed by atoms with Crippen LogP contribution in [0, 0.1) is 5.92 Å². The standard InChI is InChI=1S/C12H18N4O2S/c1-13-12(18)15-10(17)8-16-4-2-9(7-16)6-11-14-3-5-19-11/h3,5,9H,2,4,6-8H2,1H3,(H2,13,15,17,18). The van der Waals surface area contributed by atoms with E-state index in [1.54, 1.807) is 11.3 Å². The molecule has 1 atom stereocenters. The Morgan fingerprint density at radius 3 is 3.11 bits per heavy atom. The first-order valence-corrected chi connectivity index (χ1v) is 7.17.